The van der Waals surface area contributed by atoms with Crippen LogP contribution in [0.25, 0.3) is 0 Å². The van der Waals surface area contributed by atoms with E-state index in [9.17, 15) is 13.2 Å². The second-order valence-corrected chi connectivity index (χ2v) is 9.69. The summed E-state index contributed by atoms with van der Waals surface area (Å²) in [6, 6.07) is 0.228. The molecule has 0 radical (unpaired) electrons. The molecule has 2 aliphatic rings. The van der Waals surface area contributed by atoms with Crippen LogP contribution in [-0.4, -0.2) is 55.5 Å². The molecule has 0 unspecified atom stereocenters. The highest BCUT2D eigenvalue weighted by molar-refractivity contribution is 7.88. The van der Waals surface area contributed by atoms with Crippen LogP contribution in [-0.2, 0) is 14.8 Å². The van der Waals surface area contributed by atoms with Gasteiger partial charge in [0.25, 0.3) is 0 Å². The van der Waals surface area contributed by atoms with Gasteiger partial charge >= 0.3 is 0 Å². The Morgan fingerprint density at radius 3 is 2.43 bits per heavy atom. The molecule has 0 aromatic carbocycles. The van der Waals surface area contributed by atoms with Gasteiger partial charge in [-0.3, -0.25) is 4.79 Å². The van der Waals surface area contributed by atoms with Crippen molar-refractivity contribution < 1.29 is 13.2 Å². The molecule has 0 saturated carbocycles. The zero-order valence-corrected chi connectivity index (χ0v) is 14.4. The molecule has 0 spiro atoms. The Hall–Kier alpha value is -0.620. The minimum absolute atomic E-state index is 0.00249. The van der Waals surface area contributed by atoms with Crippen LogP contribution < -0.4 is 0 Å². The van der Waals surface area contributed by atoms with Crippen LogP contribution in [0.5, 0.6) is 0 Å². The summed E-state index contributed by atoms with van der Waals surface area (Å²) < 4.78 is 25.0. The van der Waals surface area contributed by atoms with E-state index in [-0.39, 0.29) is 17.4 Å². The Morgan fingerprint density at radius 1 is 1.19 bits per heavy atom. The largest absolute Gasteiger partial charge is 0.339 e. The average Bonchev–Trinajstić information content (AvgIpc) is 2.34. The van der Waals surface area contributed by atoms with Crippen LogP contribution >= 0.6 is 0 Å². The summed E-state index contributed by atoms with van der Waals surface area (Å²) in [5.41, 5.74) is -0.00249. The smallest absolute Gasteiger partial charge is 0.223 e. The maximum atomic E-state index is 12.5. The van der Waals surface area contributed by atoms with Crippen molar-refractivity contribution in [1.29, 1.82) is 0 Å². The van der Waals surface area contributed by atoms with Crippen molar-refractivity contribution >= 4 is 15.9 Å². The molecule has 122 valence electrons. The summed E-state index contributed by atoms with van der Waals surface area (Å²) in [6.45, 7) is 8.19. The molecule has 2 aliphatic heterocycles. The third-order valence-corrected chi connectivity index (χ3v) is 5.77. The van der Waals surface area contributed by atoms with E-state index in [1.54, 1.807) is 4.31 Å². The van der Waals surface area contributed by atoms with Gasteiger partial charge in [0.05, 0.1) is 6.26 Å². The van der Waals surface area contributed by atoms with Crippen LogP contribution in [0, 0.1) is 11.3 Å². The predicted octanol–water partition coefficient (Wildman–Crippen LogP) is 1.70. The van der Waals surface area contributed by atoms with Gasteiger partial charge in [-0.05, 0) is 30.6 Å². The molecule has 5 nitrogen and oxygen atoms in total. The Kier molecular flexibility index (Phi) is 4.69. The molecule has 2 atom stereocenters. The summed E-state index contributed by atoms with van der Waals surface area (Å²) in [5.74, 6) is 0.524. The van der Waals surface area contributed by atoms with Crippen molar-refractivity contribution in [1.82, 2.24) is 9.21 Å². The third-order valence-electron chi connectivity index (χ3n) is 4.50. The van der Waals surface area contributed by atoms with E-state index in [1.165, 1.54) is 6.26 Å². The lowest BCUT2D eigenvalue weighted by molar-refractivity contribution is -0.139. The number of carbonyl (C=O) groups excluding carboxylic acids is 1. The zero-order valence-electron chi connectivity index (χ0n) is 13.6. The molecule has 2 rings (SSSR count). The molecule has 6 heteroatoms. The molecule has 2 heterocycles. The molecule has 0 bridgehead atoms. The van der Waals surface area contributed by atoms with E-state index >= 15 is 0 Å². The van der Waals surface area contributed by atoms with Crippen LogP contribution in [0.3, 0.4) is 0 Å². The van der Waals surface area contributed by atoms with Gasteiger partial charge in [-0.15, -0.1) is 0 Å². The maximum Gasteiger partial charge on any atom is 0.223 e. The van der Waals surface area contributed by atoms with Gasteiger partial charge in [-0.2, -0.15) is 0 Å². The highest BCUT2D eigenvalue weighted by atomic mass is 32.2. The minimum atomic E-state index is -3.11. The van der Waals surface area contributed by atoms with E-state index < -0.39 is 10.0 Å². The topological polar surface area (TPSA) is 57.7 Å². The molecular formula is C15H28N2O3S. The van der Waals surface area contributed by atoms with E-state index in [0.717, 1.165) is 25.8 Å². The second-order valence-electron chi connectivity index (χ2n) is 7.70. The zero-order chi connectivity index (χ0) is 15.8. The van der Waals surface area contributed by atoms with Crippen molar-refractivity contribution in [3.8, 4) is 0 Å². The Morgan fingerprint density at radius 2 is 1.86 bits per heavy atom. The van der Waals surface area contributed by atoms with Gasteiger partial charge in [0.2, 0.25) is 15.9 Å². The number of rotatable bonds is 2. The maximum absolute atomic E-state index is 12.5. The highest BCUT2D eigenvalue weighted by Gasteiger charge is 2.40. The molecular weight excluding hydrogens is 288 g/mol. The lowest BCUT2D eigenvalue weighted by atomic mass is 9.83. The fourth-order valence-corrected chi connectivity index (χ4v) is 4.44. The van der Waals surface area contributed by atoms with Gasteiger partial charge in [0, 0.05) is 32.1 Å². The van der Waals surface area contributed by atoms with Gasteiger partial charge in [-0.25, -0.2) is 12.7 Å². The number of piperidine rings is 2. The van der Waals surface area contributed by atoms with E-state index in [4.69, 9.17) is 0 Å². The van der Waals surface area contributed by atoms with E-state index in [1.807, 2.05) is 4.90 Å². The number of fused-ring (bicyclic) bond motifs is 1. The van der Waals surface area contributed by atoms with E-state index in [0.29, 0.717) is 25.4 Å². The first-order valence-corrected chi connectivity index (χ1v) is 9.67. The normalized spacial score (nSPS) is 28.3. The Balaban J connectivity index is 2.06. The number of amides is 1. The number of carbonyl (C=O) groups is 1. The summed E-state index contributed by atoms with van der Waals surface area (Å²) in [5, 5.41) is 0. The first-order valence-electron chi connectivity index (χ1n) is 7.82. The molecule has 0 aliphatic carbocycles. The summed E-state index contributed by atoms with van der Waals surface area (Å²) in [6.07, 6.45) is 4.61. The van der Waals surface area contributed by atoms with Crippen LogP contribution in [0.4, 0.5) is 0 Å². The monoisotopic (exact) mass is 316 g/mol. The first kappa shape index (κ1) is 16.7. The SMILES string of the molecule is CC(C)(C)CC(=O)N1CCC[C@@H]2CN(S(C)(=O)=O)CC[C@@H]21. The standard InChI is InChI=1S/C15H28N2O3S/c1-15(2,3)10-14(18)17-8-5-6-12-11-16(21(4,19)20)9-7-13(12)17/h12-13H,5-11H2,1-4H3/t12-,13+/m1/s1. The van der Waals surface area contributed by atoms with Crippen molar-refractivity contribution in [2.75, 3.05) is 25.9 Å². The van der Waals surface area contributed by atoms with Crippen molar-refractivity contribution in [3.05, 3.63) is 0 Å². The summed E-state index contributed by atoms with van der Waals surface area (Å²) in [4.78, 5) is 14.6. The molecule has 0 aromatic heterocycles. The van der Waals surface area contributed by atoms with Crippen molar-refractivity contribution in [2.45, 2.75) is 52.5 Å². The third kappa shape index (κ3) is 4.19. The molecule has 2 fully saturated rings. The molecule has 2 saturated heterocycles. The lowest BCUT2D eigenvalue weighted by Crippen LogP contribution is -2.56. The quantitative estimate of drug-likeness (QED) is 0.779. The van der Waals surface area contributed by atoms with Gasteiger partial charge < -0.3 is 4.90 Å². The first-order chi connectivity index (χ1) is 9.58. The van der Waals surface area contributed by atoms with Crippen LogP contribution in [0.2, 0.25) is 0 Å². The molecule has 0 N–H and O–H groups in total. The molecule has 0 aromatic rings. The lowest BCUT2D eigenvalue weighted by Gasteiger charge is -2.47. The summed E-state index contributed by atoms with van der Waals surface area (Å²) in [7, 11) is -3.11. The van der Waals surface area contributed by atoms with Crippen molar-refractivity contribution in [2.24, 2.45) is 11.3 Å². The average molecular weight is 316 g/mol. The minimum Gasteiger partial charge on any atom is -0.339 e. The van der Waals surface area contributed by atoms with Gasteiger partial charge in [0.15, 0.2) is 0 Å². The van der Waals surface area contributed by atoms with Gasteiger partial charge in [-0.1, -0.05) is 20.8 Å². The molecule has 1 amide bonds. The van der Waals surface area contributed by atoms with Gasteiger partial charge in [0.1, 0.15) is 0 Å². The Bertz CT molecular complexity index is 496. The highest BCUT2D eigenvalue weighted by Crippen LogP contribution is 2.33. The predicted molar refractivity (Wildman–Crippen MR) is 83.3 cm³/mol. The molecule has 21 heavy (non-hydrogen) atoms. The second kappa shape index (κ2) is 5.88. The fourth-order valence-electron chi connectivity index (χ4n) is 3.54. The fraction of sp³-hybridized carbons (Fsp3) is 0.933. The number of sulfonamides is 1. The number of nitrogens with zero attached hydrogens (tertiary/aromatic N) is 2. The summed E-state index contributed by atoms with van der Waals surface area (Å²) >= 11 is 0. The number of hydrogen-bond acceptors (Lipinski definition) is 3. The Labute approximate surface area is 128 Å². The van der Waals surface area contributed by atoms with Crippen molar-refractivity contribution in [3.63, 3.8) is 0 Å². The van der Waals surface area contributed by atoms with Crippen LogP contribution in [0.1, 0.15) is 46.5 Å². The van der Waals surface area contributed by atoms with E-state index in [2.05, 4.69) is 20.8 Å². The number of likely N-dealkylation sites (tertiary alicyclic amines) is 1. The van der Waals surface area contributed by atoms with Crippen LogP contribution in [0.15, 0.2) is 0 Å². The number of hydrogen-bond donors (Lipinski definition) is 0.